The fraction of sp³-hybridized carbons (Fsp3) is 0.625. The first-order valence-corrected chi connectivity index (χ1v) is 15.0. The summed E-state index contributed by atoms with van der Waals surface area (Å²) in [6.07, 6.45) is 1.92. The minimum Gasteiger partial charge on any atom is -0.347 e. The summed E-state index contributed by atoms with van der Waals surface area (Å²) in [5.74, 6) is 1.06. The van der Waals surface area contributed by atoms with Crippen molar-refractivity contribution >= 4 is 13.2 Å². The lowest BCUT2D eigenvalue weighted by Gasteiger charge is -2.56. The number of hydrogen-bond acceptors (Lipinski definition) is 2. The second-order valence-electron chi connectivity index (χ2n) is 13.0. The van der Waals surface area contributed by atoms with Gasteiger partial charge in [0, 0.05) is 12.8 Å². The van der Waals surface area contributed by atoms with E-state index in [1.54, 1.807) is 5.30 Å². The normalized spacial score (nSPS) is 21.5. The Morgan fingerprint density at radius 1 is 0.714 bits per heavy atom. The third kappa shape index (κ3) is 5.01. The Morgan fingerprint density at radius 2 is 1.29 bits per heavy atom. The van der Waals surface area contributed by atoms with E-state index in [0.717, 1.165) is 26.1 Å². The summed E-state index contributed by atoms with van der Waals surface area (Å²) in [6.45, 7) is 25.3. The highest BCUT2D eigenvalue weighted by molar-refractivity contribution is 7.69. The summed E-state index contributed by atoms with van der Waals surface area (Å²) in [4.78, 5) is 0. The van der Waals surface area contributed by atoms with E-state index in [2.05, 4.69) is 106 Å². The third-order valence-corrected chi connectivity index (χ3v) is 11.6. The third-order valence-electron chi connectivity index (χ3n) is 8.00. The largest absolute Gasteiger partial charge is 0.347 e. The summed E-state index contributed by atoms with van der Waals surface area (Å²) in [7, 11) is -0.493. The maximum absolute atomic E-state index is 6.29. The van der Waals surface area contributed by atoms with E-state index < -0.39 is 13.7 Å². The van der Waals surface area contributed by atoms with Gasteiger partial charge in [0.05, 0.1) is 13.2 Å². The van der Waals surface area contributed by atoms with Gasteiger partial charge in [-0.2, -0.15) is 0 Å². The second-order valence-corrected chi connectivity index (χ2v) is 16.5. The van der Waals surface area contributed by atoms with Crippen molar-refractivity contribution in [3.8, 4) is 11.1 Å². The molecule has 2 aromatic carbocycles. The topological polar surface area (TPSA) is 18.5 Å². The van der Waals surface area contributed by atoms with Crippen LogP contribution in [-0.2, 0) is 9.47 Å². The molecule has 2 aliphatic rings. The van der Waals surface area contributed by atoms with Crippen molar-refractivity contribution in [1.82, 2.24) is 0 Å². The van der Waals surface area contributed by atoms with Crippen LogP contribution in [-0.4, -0.2) is 29.3 Å². The van der Waals surface area contributed by atoms with E-state index in [1.807, 2.05) is 0 Å². The molecule has 192 valence electrons. The van der Waals surface area contributed by atoms with E-state index in [1.165, 1.54) is 27.8 Å². The van der Waals surface area contributed by atoms with Gasteiger partial charge in [0.2, 0.25) is 0 Å². The van der Waals surface area contributed by atoms with Crippen LogP contribution in [0, 0.1) is 0 Å². The van der Waals surface area contributed by atoms with Gasteiger partial charge in [0.15, 0.2) is 5.79 Å². The standard InChI is InChI=1S/C32H47O2P/c1-21(2)24-14-15-26(27(18-24)23(5)6)29-25(22(3)4)12-11-13-28(29)35-30(7,8)19-32(20-31(35,9)10)33-16-17-34-32/h11-15,18,21-23H,16-17,19-20H2,1-10H3. The number of benzene rings is 2. The van der Waals surface area contributed by atoms with Crippen molar-refractivity contribution in [3.63, 3.8) is 0 Å². The van der Waals surface area contributed by atoms with Crippen LogP contribution in [0.3, 0.4) is 0 Å². The summed E-state index contributed by atoms with van der Waals surface area (Å²) >= 11 is 0. The van der Waals surface area contributed by atoms with Crippen LogP contribution in [0.4, 0.5) is 0 Å². The average Bonchev–Trinajstić information content (AvgIpc) is 3.17. The van der Waals surface area contributed by atoms with Gasteiger partial charge < -0.3 is 9.47 Å². The lowest BCUT2D eigenvalue weighted by atomic mass is 9.85. The van der Waals surface area contributed by atoms with E-state index in [9.17, 15) is 0 Å². The highest BCUT2D eigenvalue weighted by atomic mass is 31.1. The van der Waals surface area contributed by atoms with Crippen LogP contribution < -0.4 is 5.30 Å². The Kier molecular flexibility index (Phi) is 7.35. The van der Waals surface area contributed by atoms with Gasteiger partial charge in [-0.3, -0.25) is 0 Å². The molecule has 0 radical (unpaired) electrons. The van der Waals surface area contributed by atoms with Crippen LogP contribution in [0.15, 0.2) is 36.4 Å². The van der Waals surface area contributed by atoms with Crippen molar-refractivity contribution in [2.75, 3.05) is 13.2 Å². The lowest BCUT2D eigenvalue weighted by molar-refractivity contribution is -0.178. The van der Waals surface area contributed by atoms with Crippen molar-refractivity contribution in [1.29, 1.82) is 0 Å². The molecular weight excluding hydrogens is 447 g/mol. The number of hydrogen-bond donors (Lipinski definition) is 0. The first kappa shape index (κ1) is 26.8. The number of rotatable bonds is 5. The van der Waals surface area contributed by atoms with Crippen LogP contribution in [0.25, 0.3) is 11.1 Å². The van der Waals surface area contributed by atoms with Gasteiger partial charge in [-0.1, -0.05) is 114 Å². The smallest absolute Gasteiger partial charge is 0.170 e. The van der Waals surface area contributed by atoms with Gasteiger partial charge in [0.25, 0.3) is 0 Å². The zero-order valence-corrected chi connectivity index (χ0v) is 24.7. The summed E-state index contributed by atoms with van der Waals surface area (Å²) in [5.41, 5.74) is 7.32. The molecule has 0 aromatic heterocycles. The van der Waals surface area contributed by atoms with Gasteiger partial charge in [0.1, 0.15) is 0 Å². The Balaban J connectivity index is 1.96. The SMILES string of the molecule is CC(C)c1ccc(-c2c(C(C)C)cccc2P2C(C)(C)CC3(CC2(C)C)OCCO3)c(C(C)C)c1. The summed E-state index contributed by atoms with van der Waals surface area (Å²) in [6, 6.07) is 14.4. The van der Waals surface area contributed by atoms with Gasteiger partial charge in [-0.15, -0.1) is 0 Å². The molecule has 4 rings (SSSR count). The Morgan fingerprint density at radius 3 is 1.80 bits per heavy atom. The predicted octanol–water partition coefficient (Wildman–Crippen LogP) is 8.93. The van der Waals surface area contributed by atoms with Gasteiger partial charge >= 0.3 is 0 Å². The van der Waals surface area contributed by atoms with Crippen LogP contribution in [0.1, 0.15) is 117 Å². The quantitative estimate of drug-likeness (QED) is 0.386. The van der Waals surface area contributed by atoms with Crippen LogP contribution in [0.2, 0.25) is 0 Å². The zero-order chi connectivity index (χ0) is 25.8. The zero-order valence-electron chi connectivity index (χ0n) is 23.8. The minimum atomic E-state index is -0.493. The highest BCUT2D eigenvalue weighted by Gasteiger charge is 2.57. The van der Waals surface area contributed by atoms with E-state index >= 15 is 0 Å². The first-order valence-electron chi connectivity index (χ1n) is 13.6. The highest BCUT2D eigenvalue weighted by Crippen LogP contribution is 2.69. The molecule has 0 atom stereocenters. The Hall–Kier alpha value is -1.21. The fourth-order valence-electron chi connectivity index (χ4n) is 6.88. The molecule has 0 bridgehead atoms. The molecule has 0 amide bonds. The second kappa shape index (κ2) is 9.59. The molecule has 0 unspecified atom stereocenters. The molecular formula is C32H47O2P. The lowest BCUT2D eigenvalue weighted by Crippen LogP contribution is -2.52. The Bertz CT molecular complexity index is 1040. The molecule has 2 nitrogen and oxygen atoms in total. The molecule has 3 heteroatoms. The van der Waals surface area contributed by atoms with Crippen molar-refractivity contribution in [3.05, 3.63) is 53.1 Å². The molecule has 2 aromatic rings. The van der Waals surface area contributed by atoms with Crippen LogP contribution in [0.5, 0.6) is 0 Å². The first-order chi connectivity index (χ1) is 16.3. The Labute approximate surface area is 216 Å². The van der Waals surface area contributed by atoms with E-state index in [4.69, 9.17) is 9.47 Å². The minimum absolute atomic E-state index is 0.0989. The van der Waals surface area contributed by atoms with E-state index in [-0.39, 0.29) is 10.3 Å². The summed E-state index contributed by atoms with van der Waals surface area (Å²) in [5, 5.41) is 1.76. The van der Waals surface area contributed by atoms with Crippen LogP contribution >= 0.6 is 7.92 Å². The van der Waals surface area contributed by atoms with Crippen molar-refractivity contribution in [2.24, 2.45) is 0 Å². The van der Waals surface area contributed by atoms with Crippen molar-refractivity contribution < 1.29 is 9.47 Å². The molecule has 2 heterocycles. The molecule has 35 heavy (non-hydrogen) atoms. The van der Waals surface area contributed by atoms with Crippen molar-refractivity contribution in [2.45, 2.75) is 116 Å². The predicted molar refractivity (Wildman–Crippen MR) is 153 cm³/mol. The summed E-state index contributed by atoms with van der Waals surface area (Å²) < 4.78 is 12.6. The monoisotopic (exact) mass is 494 g/mol. The molecule has 2 saturated heterocycles. The van der Waals surface area contributed by atoms with Gasteiger partial charge in [-0.05, 0) is 61.2 Å². The molecule has 2 fully saturated rings. The molecule has 2 aliphatic heterocycles. The van der Waals surface area contributed by atoms with Gasteiger partial charge in [-0.25, -0.2) is 0 Å². The molecule has 1 spiro atoms. The van der Waals surface area contributed by atoms with E-state index in [0.29, 0.717) is 17.8 Å². The maximum Gasteiger partial charge on any atom is 0.170 e. The molecule has 0 N–H and O–H groups in total. The molecule has 0 aliphatic carbocycles. The average molecular weight is 495 g/mol. The maximum atomic E-state index is 6.29. The number of ether oxygens (including phenoxy) is 2. The molecule has 0 saturated carbocycles. The fourth-order valence-corrected chi connectivity index (χ4v) is 11.3.